The summed E-state index contributed by atoms with van der Waals surface area (Å²) < 4.78 is 0. The van der Waals surface area contributed by atoms with Gasteiger partial charge in [-0.15, -0.1) is 0 Å². The Balaban J connectivity index is 1.81. The van der Waals surface area contributed by atoms with E-state index < -0.39 is 0 Å². The number of nitrogens with one attached hydrogen (secondary N) is 2. The Morgan fingerprint density at radius 3 is 2.68 bits per heavy atom. The van der Waals surface area contributed by atoms with Gasteiger partial charge in [-0.05, 0) is 49.7 Å². The van der Waals surface area contributed by atoms with Crippen LogP contribution in [0.2, 0.25) is 5.02 Å². The molecule has 0 bridgehead atoms. The predicted octanol–water partition coefficient (Wildman–Crippen LogP) is 5.13. The van der Waals surface area contributed by atoms with E-state index in [4.69, 9.17) is 11.6 Å². The van der Waals surface area contributed by atoms with Gasteiger partial charge in [0.05, 0.1) is 0 Å². The third-order valence-corrected chi connectivity index (χ3v) is 4.12. The molecule has 0 amide bonds. The molecule has 6 heteroatoms. The van der Waals surface area contributed by atoms with Crippen molar-refractivity contribution in [2.75, 3.05) is 10.6 Å². The summed E-state index contributed by atoms with van der Waals surface area (Å²) in [7, 11) is 0. The SMILES string of the molecule is CC(=O)c1cccc(Nc2nccc(Nc3cccc(Cl)c3C)n2)c1. The number of Topliss-reactive ketones (excluding diaryl/α,β-unsaturated/α-hetero) is 1. The summed E-state index contributed by atoms with van der Waals surface area (Å²) in [6.45, 7) is 3.48. The number of hydrogen-bond donors (Lipinski definition) is 2. The maximum atomic E-state index is 11.5. The molecule has 0 spiro atoms. The van der Waals surface area contributed by atoms with Crippen LogP contribution in [0.5, 0.6) is 0 Å². The summed E-state index contributed by atoms with van der Waals surface area (Å²) in [6, 6.07) is 14.7. The molecular weight excluding hydrogens is 336 g/mol. The minimum Gasteiger partial charge on any atom is -0.340 e. The van der Waals surface area contributed by atoms with Crippen LogP contribution in [0.25, 0.3) is 0 Å². The Morgan fingerprint density at radius 1 is 1.08 bits per heavy atom. The number of hydrogen-bond acceptors (Lipinski definition) is 5. The lowest BCUT2D eigenvalue weighted by molar-refractivity contribution is 0.101. The minimum atomic E-state index is 0.0106. The summed E-state index contributed by atoms with van der Waals surface area (Å²) in [5.74, 6) is 1.09. The average Bonchev–Trinajstić information content (AvgIpc) is 2.59. The van der Waals surface area contributed by atoms with Crippen molar-refractivity contribution in [2.24, 2.45) is 0 Å². The molecule has 2 aromatic carbocycles. The molecule has 0 atom stereocenters. The van der Waals surface area contributed by atoms with Crippen LogP contribution in [-0.4, -0.2) is 15.8 Å². The first-order valence-corrected chi connectivity index (χ1v) is 8.14. The van der Waals surface area contributed by atoms with Crippen molar-refractivity contribution in [3.63, 3.8) is 0 Å². The molecule has 5 nitrogen and oxygen atoms in total. The van der Waals surface area contributed by atoms with Crippen LogP contribution < -0.4 is 10.6 Å². The summed E-state index contributed by atoms with van der Waals surface area (Å²) >= 11 is 6.15. The molecule has 0 aliphatic carbocycles. The van der Waals surface area contributed by atoms with E-state index in [1.165, 1.54) is 6.92 Å². The van der Waals surface area contributed by atoms with Crippen molar-refractivity contribution < 1.29 is 4.79 Å². The summed E-state index contributed by atoms with van der Waals surface area (Å²) in [4.78, 5) is 20.2. The zero-order valence-electron chi connectivity index (χ0n) is 13.9. The van der Waals surface area contributed by atoms with Crippen molar-refractivity contribution in [1.82, 2.24) is 9.97 Å². The highest BCUT2D eigenvalue weighted by Gasteiger charge is 2.06. The largest absolute Gasteiger partial charge is 0.340 e. The normalized spacial score (nSPS) is 10.4. The van der Waals surface area contributed by atoms with Gasteiger partial charge in [0.1, 0.15) is 5.82 Å². The van der Waals surface area contributed by atoms with Crippen molar-refractivity contribution in [1.29, 1.82) is 0 Å². The first-order valence-electron chi connectivity index (χ1n) is 7.76. The zero-order valence-corrected chi connectivity index (χ0v) is 14.6. The topological polar surface area (TPSA) is 66.9 Å². The second-order valence-electron chi connectivity index (χ2n) is 5.56. The standard InChI is InChI=1S/C19H17ClN4O/c1-12-16(20)7-4-8-17(12)23-18-9-10-21-19(24-18)22-15-6-3-5-14(11-15)13(2)25/h3-11H,1-2H3,(H2,21,22,23,24). The van der Waals surface area contributed by atoms with Crippen molar-refractivity contribution in [3.8, 4) is 0 Å². The summed E-state index contributed by atoms with van der Waals surface area (Å²) in [6.07, 6.45) is 1.66. The van der Waals surface area contributed by atoms with Crippen molar-refractivity contribution in [2.45, 2.75) is 13.8 Å². The molecule has 1 heterocycles. The number of carbonyl (C=O) groups excluding carboxylic acids is 1. The number of halogens is 1. The lowest BCUT2D eigenvalue weighted by Gasteiger charge is -2.11. The Labute approximate surface area is 151 Å². The Kier molecular flexibility index (Phi) is 4.95. The number of aromatic nitrogens is 2. The highest BCUT2D eigenvalue weighted by Crippen LogP contribution is 2.26. The van der Waals surface area contributed by atoms with Gasteiger partial charge in [-0.25, -0.2) is 4.98 Å². The molecule has 0 aliphatic rings. The van der Waals surface area contributed by atoms with Crippen LogP contribution >= 0.6 is 11.6 Å². The zero-order chi connectivity index (χ0) is 17.8. The highest BCUT2D eigenvalue weighted by atomic mass is 35.5. The number of benzene rings is 2. The maximum Gasteiger partial charge on any atom is 0.229 e. The van der Waals surface area contributed by atoms with E-state index in [0.717, 1.165) is 16.9 Å². The molecule has 2 N–H and O–H groups in total. The van der Waals surface area contributed by atoms with Gasteiger partial charge < -0.3 is 10.6 Å². The molecule has 0 saturated carbocycles. The second-order valence-corrected chi connectivity index (χ2v) is 5.97. The van der Waals surface area contributed by atoms with Gasteiger partial charge in [-0.2, -0.15) is 4.98 Å². The average molecular weight is 353 g/mol. The first kappa shape index (κ1) is 16.9. The Morgan fingerprint density at radius 2 is 1.88 bits per heavy atom. The lowest BCUT2D eigenvalue weighted by atomic mass is 10.1. The van der Waals surface area contributed by atoms with E-state index in [1.807, 2.05) is 37.3 Å². The summed E-state index contributed by atoms with van der Waals surface area (Å²) in [5.41, 5.74) is 3.22. The van der Waals surface area contributed by atoms with Crippen LogP contribution in [0.15, 0.2) is 54.7 Å². The second kappa shape index (κ2) is 7.32. The van der Waals surface area contributed by atoms with Gasteiger partial charge in [0.2, 0.25) is 5.95 Å². The molecule has 3 rings (SSSR count). The van der Waals surface area contributed by atoms with Gasteiger partial charge in [-0.1, -0.05) is 29.8 Å². The fraction of sp³-hybridized carbons (Fsp3) is 0.105. The van der Waals surface area contributed by atoms with E-state index in [9.17, 15) is 4.79 Å². The number of nitrogens with zero attached hydrogens (tertiary/aromatic N) is 2. The first-order chi connectivity index (χ1) is 12.0. The van der Waals surface area contributed by atoms with E-state index in [1.54, 1.807) is 24.4 Å². The fourth-order valence-electron chi connectivity index (χ4n) is 2.31. The number of ketones is 1. The van der Waals surface area contributed by atoms with E-state index in [-0.39, 0.29) is 5.78 Å². The molecule has 0 aliphatic heterocycles. The molecule has 25 heavy (non-hydrogen) atoms. The molecule has 3 aromatic rings. The van der Waals surface area contributed by atoms with Gasteiger partial charge in [0, 0.05) is 28.2 Å². The lowest BCUT2D eigenvalue weighted by Crippen LogP contribution is -2.02. The smallest absolute Gasteiger partial charge is 0.229 e. The number of rotatable bonds is 5. The van der Waals surface area contributed by atoms with Crippen LogP contribution in [0.1, 0.15) is 22.8 Å². The third kappa shape index (κ3) is 4.14. The van der Waals surface area contributed by atoms with Gasteiger partial charge in [0.15, 0.2) is 5.78 Å². The Hall–Kier alpha value is -2.92. The monoisotopic (exact) mass is 352 g/mol. The number of carbonyl (C=O) groups is 1. The molecule has 0 radical (unpaired) electrons. The fourth-order valence-corrected chi connectivity index (χ4v) is 2.49. The van der Waals surface area contributed by atoms with Crippen LogP contribution in [0, 0.1) is 6.92 Å². The van der Waals surface area contributed by atoms with E-state index in [2.05, 4.69) is 20.6 Å². The molecule has 126 valence electrons. The van der Waals surface area contributed by atoms with Crippen LogP contribution in [0.4, 0.5) is 23.1 Å². The highest BCUT2D eigenvalue weighted by molar-refractivity contribution is 6.31. The predicted molar refractivity (Wildman–Crippen MR) is 101 cm³/mol. The van der Waals surface area contributed by atoms with Gasteiger partial charge >= 0.3 is 0 Å². The van der Waals surface area contributed by atoms with Crippen LogP contribution in [-0.2, 0) is 0 Å². The quantitative estimate of drug-likeness (QED) is 0.623. The molecule has 1 aromatic heterocycles. The number of anilines is 4. The van der Waals surface area contributed by atoms with E-state index in [0.29, 0.717) is 22.4 Å². The third-order valence-electron chi connectivity index (χ3n) is 3.71. The minimum absolute atomic E-state index is 0.0106. The van der Waals surface area contributed by atoms with Gasteiger partial charge in [-0.3, -0.25) is 4.79 Å². The molecular formula is C19H17ClN4O. The molecule has 0 unspecified atom stereocenters. The van der Waals surface area contributed by atoms with E-state index >= 15 is 0 Å². The Bertz CT molecular complexity index is 927. The van der Waals surface area contributed by atoms with Crippen molar-refractivity contribution in [3.05, 3.63) is 70.9 Å². The van der Waals surface area contributed by atoms with Crippen molar-refractivity contribution >= 4 is 40.5 Å². The maximum absolute atomic E-state index is 11.5. The molecule has 0 fully saturated rings. The van der Waals surface area contributed by atoms with Gasteiger partial charge in [0.25, 0.3) is 0 Å². The van der Waals surface area contributed by atoms with Crippen LogP contribution in [0.3, 0.4) is 0 Å². The molecule has 0 saturated heterocycles. The summed E-state index contributed by atoms with van der Waals surface area (Å²) in [5, 5.41) is 7.04.